The Labute approximate surface area is 113 Å². The van der Waals surface area contributed by atoms with Crippen LogP contribution in [0, 0.1) is 11.8 Å². The molecule has 1 aliphatic carbocycles. The SMILES string of the molecule is CCC1CCC(NC)C(CC2CCC(C)(C)O2)C1. The Bertz CT molecular complexity index is 264. The zero-order chi connectivity index (χ0) is 13.2. The molecule has 2 rings (SSSR count). The lowest BCUT2D eigenvalue weighted by Crippen LogP contribution is -2.40. The van der Waals surface area contributed by atoms with Gasteiger partial charge < -0.3 is 10.1 Å². The van der Waals surface area contributed by atoms with Crippen LogP contribution in [0.5, 0.6) is 0 Å². The first-order valence-electron chi connectivity index (χ1n) is 7.89. The van der Waals surface area contributed by atoms with Crippen LogP contribution in [0.1, 0.15) is 65.7 Å². The molecule has 0 aromatic carbocycles. The Balaban J connectivity index is 1.89. The molecule has 0 aromatic rings. The highest BCUT2D eigenvalue weighted by molar-refractivity contribution is 4.88. The maximum atomic E-state index is 6.19. The maximum absolute atomic E-state index is 6.19. The van der Waals surface area contributed by atoms with Gasteiger partial charge in [0.1, 0.15) is 0 Å². The van der Waals surface area contributed by atoms with Gasteiger partial charge in [0, 0.05) is 6.04 Å². The topological polar surface area (TPSA) is 21.3 Å². The van der Waals surface area contributed by atoms with Gasteiger partial charge in [-0.2, -0.15) is 0 Å². The molecule has 0 radical (unpaired) electrons. The molecule has 2 heteroatoms. The number of rotatable bonds is 4. The molecule has 1 aliphatic heterocycles. The van der Waals surface area contributed by atoms with E-state index in [4.69, 9.17) is 4.74 Å². The van der Waals surface area contributed by atoms with Gasteiger partial charge in [0.15, 0.2) is 0 Å². The third kappa shape index (κ3) is 3.48. The number of hydrogen-bond donors (Lipinski definition) is 1. The van der Waals surface area contributed by atoms with Crippen LogP contribution in [0.3, 0.4) is 0 Å². The van der Waals surface area contributed by atoms with Gasteiger partial charge in [-0.1, -0.05) is 13.3 Å². The summed E-state index contributed by atoms with van der Waals surface area (Å²) in [5.41, 5.74) is 0.124. The van der Waals surface area contributed by atoms with Crippen molar-refractivity contribution in [2.45, 2.75) is 83.5 Å². The maximum Gasteiger partial charge on any atom is 0.0631 e. The van der Waals surface area contributed by atoms with E-state index in [1.807, 2.05) is 0 Å². The lowest BCUT2D eigenvalue weighted by atomic mass is 9.74. The van der Waals surface area contributed by atoms with Crippen LogP contribution >= 0.6 is 0 Å². The van der Waals surface area contributed by atoms with Crippen molar-refractivity contribution in [1.82, 2.24) is 5.32 Å². The van der Waals surface area contributed by atoms with Gasteiger partial charge in [0.05, 0.1) is 11.7 Å². The minimum atomic E-state index is 0.124. The second-order valence-corrected chi connectivity index (χ2v) is 7.02. The molecule has 1 saturated heterocycles. The monoisotopic (exact) mass is 253 g/mol. The Morgan fingerprint density at radius 1 is 1.22 bits per heavy atom. The average molecular weight is 253 g/mol. The van der Waals surface area contributed by atoms with E-state index >= 15 is 0 Å². The number of hydrogen-bond acceptors (Lipinski definition) is 2. The first kappa shape index (κ1) is 14.3. The van der Waals surface area contributed by atoms with Crippen molar-refractivity contribution in [2.24, 2.45) is 11.8 Å². The van der Waals surface area contributed by atoms with Crippen LogP contribution in [0.15, 0.2) is 0 Å². The summed E-state index contributed by atoms with van der Waals surface area (Å²) in [5, 5.41) is 3.54. The van der Waals surface area contributed by atoms with Crippen molar-refractivity contribution < 1.29 is 4.74 Å². The molecular weight excluding hydrogens is 222 g/mol. The fraction of sp³-hybridized carbons (Fsp3) is 1.00. The summed E-state index contributed by atoms with van der Waals surface area (Å²) >= 11 is 0. The Morgan fingerprint density at radius 3 is 2.56 bits per heavy atom. The van der Waals surface area contributed by atoms with Gasteiger partial charge in [-0.3, -0.25) is 0 Å². The van der Waals surface area contributed by atoms with Gasteiger partial charge in [-0.05, 0) is 71.3 Å². The highest BCUT2D eigenvalue weighted by Gasteiger charge is 2.36. The largest absolute Gasteiger partial charge is 0.372 e. The van der Waals surface area contributed by atoms with E-state index in [1.54, 1.807) is 0 Å². The third-order valence-electron chi connectivity index (χ3n) is 5.16. The molecule has 106 valence electrons. The second-order valence-electron chi connectivity index (χ2n) is 7.02. The third-order valence-corrected chi connectivity index (χ3v) is 5.16. The summed E-state index contributed by atoms with van der Waals surface area (Å²) < 4.78 is 6.19. The van der Waals surface area contributed by atoms with E-state index in [9.17, 15) is 0 Å². The molecule has 2 aliphatic rings. The molecule has 18 heavy (non-hydrogen) atoms. The van der Waals surface area contributed by atoms with E-state index in [0.717, 1.165) is 17.9 Å². The summed E-state index contributed by atoms with van der Waals surface area (Å²) in [6.45, 7) is 6.81. The molecular formula is C16H31NO. The highest BCUT2D eigenvalue weighted by Crippen LogP contribution is 2.38. The fourth-order valence-corrected chi connectivity index (χ4v) is 3.95. The van der Waals surface area contributed by atoms with E-state index in [1.165, 1.54) is 44.9 Å². The predicted molar refractivity (Wildman–Crippen MR) is 76.8 cm³/mol. The van der Waals surface area contributed by atoms with Crippen LogP contribution in [0.4, 0.5) is 0 Å². The second kappa shape index (κ2) is 5.92. The lowest BCUT2D eigenvalue weighted by Gasteiger charge is -2.37. The number of nitrogens with one attached hydrogen (secondary N) is 1. The summed E-state index contributed by atoms with van der Waals surface area (Å²) in [4.78, 5) is 0. The number of ether oxygens (including phenoxy) is 1. The van der Waals surface area contributed by atoms with Crippen LogP contribution in [-0.4, -0.2) is 24.8 Å². The Morgan fingerprint density at radius 2 is 2.00 bits per heavy atom. The van der Waals surface area contributed by atoms with Crippen LogP contribution in [0.2, 0.25) is 0 Å². The van der Waals surface area contributed by atoms with Crippen molar-refractivity contribution in [3.63, 3.8) is 0 Å². The van der Waals surface area contributed by atoms with Crippen molar-refractivity contribution in [2.75, 3.05) is 7.05 Å². The van der Waals surface area contributed by atoms with Gasteiger partial charge in [-0.25, -0.2) is 0 Å². The van der Waals surface area contributed by atoms with E-state index < -0.39 is 0 Å². The minimum absolute atomic E-state index is 0.124. The molecule has 0 spiro atoms. The van der Waals surface area contributed by atoms with E-state index in [-0.39, 0.29) is 5.60 Å². The van der Waals surface area contributed by atoms with Gasteiger partial charge in [-0.15, -0.1) is 0 Å². The zero-order valence-corrected chi connectivity index (χ0v) is 12.7. The standard InChI is InChI=1S/C16H31NO/c1-5-12-6-7-15(17-4)13(10-12)11-14-8-9-16(2,3)18-14/h12-15,17H,5-11H2,1-4H3. The minimum Gasteiger partial charge on any atom is -0.372 e. The van der Waals surface area contributed by atoms with Crippen molar-refractivity contribution in [1.29, 1.82) is 0 Å². The van der Waals surface area contributed by atoms with Crippen molar-refractivity contribution in [3.05, 3.63) is 0 Å². The molecule has 0 aromatic heterocycles. The molecule has 4 unspecified atom stereocenters. The molecule has 2 fully saturated rings. The zero-order valence-electron chi connectivity index (χ0n) is 12.7. The smallest absolute Gasteiger partial charge is 0.0631 e. The molecule has 4 atom stereocenters. The van der Waals surface area contributed by atoms with Crippen molar-refractivity contribution in [3.8, 4) is 0 Å². The van der Waals surface area contributed by atoms with Crippen LogP contribution < -0.4 is 5.32 Å². The molecule has 1 heterocycles. The van der Waals surface area contributed by atoms with Crippen molar-refractivity contribution >= 4 is 0 Å². The summed E-state index contributed by atoms with van der Waals surface area (Å²) in [6.07, 6.45) is 9.79. The molecule has 1 N–H and O–H groups in total. The normalized spacial score (nSPS) is 40.0. The fourth-order valence-electron chi connectivity index (χ4n) is 3.95. The highest BCUT2D eigenvalue weighted by atomic mass is 16.5. The molecule has 2 nitrogen and oxygen atoms in total. The molecule has 0 amide bonds. The summed E-state index contributed by atoms with van der Waals surface area (Å²) in [5.74, 6) is 1.78. The van der Waals surface area contributed by atoms with Gasteiger partial charge >= 0.3 is 0 Å². The summed E-state index contributed by atoms with van der Waals surface area (Å²) in [6, 6.07) is 0.722. The molecule has 1 saturated carbocycles. The first-order valence-corrected chi connectivity index (χ1v) is 7.89. The van der Waals surface area contributed by atoms with Gasteiger partial charge in [0.2, 0.25) is 0 Å². The quantitative estimate of drug-likeness (QED) is 0.824. The van der Waals surface area contributed by atoms with E-state index in [0.29, 0.717) is 6.10 Å². The van der Waals surface area contributed by atoms with E-state index in [2.05, 4.69) is 33.1 Å². The van der Waals surface area contributed by atoms with Gasteiger partial charge in [0.25, 0.3) is 0 Å². The first-order chi connectivity index (χ1) is 8.54. The average Bonchev–Trinajstić information content (AvgIpc) is 2.68. The lowest BCUT2D eigenvalue weighted by molar-refractivity contribution is -0.0303. The van der Waals surface area contributed by atoms with Crippen LogP contribution in [-0.2, 0) is 4.74 Å². The Kier molecular flexibility index (Phi) is 4.71. The van der Waals surface area contributed by atoms with Crippen LogP contribution in [0.25, 0.3) is 0 Å². The molecule has 0 bridgehead atoms. The summed E-state index contributed by atoms with van der Waals surface area (Å²) in [7, 11) is 2.13. The Hall–Kier alpha value is -0.0800. The predicted octanol–water partition coefficient (Wildman–Crippen LogP) is 3.75.